The van der Waals surface area contributed by atoms with E-state index in [1.807, 2.05) is 0 Å². The molecule has 0 radical (unpaired) electrons. The van der Waals surface area contributed by atoms with Crippen LogP contribution in [-0.2, 0) is 15.1 Å². The second kappa shape index (κ2) is 8.30. The standard InChI is InChI=1S/C21H25ClO5/c1-14(2)26-19(24)20(3,4)27-18-11-7-16(8-12-18)21(25,13-23)15-5-9-17(22)10-6-15/h5-12,14,23,25H,13H2,1-4H3. The highest BCUT2D eigenvalue weighted by Crippen LogP contribution is 2.32. The number of benzene rings is 2. The van der Waals surface area contributed by atoms with Crippen LogP contribution in [0.5, 0.6) is 5.75 Å². The summed E-state index contributed by atoms with van der Waals surface area (Å²) in [6, 6.07) is 13.2. The van der Waals surface area contributed by atoms with Gasteiger partial charge in [-0.15, -0.1) is 0 Å². The van der Waals surface area contributed by atoms with Crippen molar-refractivity contribution in [2.45, 2.75) is 45.0 Å². The van der Waals surface area contributed by atoms with Crippen molar-refractivity contribution >= 4 is 17.6 Å². The molecule has 2 N–H and O–H groups in total. The summed E-state index contributed by atoms with van der Waals surface area (Å²) in [7, 11) is 0. The largest absolute Gasteiger partial charge is 0.476 e. The second-order valence-electron chi connectivity index (χ2n) is 7.12. The Morgan fingerprint density at radius 3 is 1.96 bits per heavy atom. The molecule has 0 bridgehead atoms. The van der Waals surface area contributed by atoms with E-state index < -0.39 is 23.8 Å². The molecule has 146 valence electrons. The highest BCUT2D eigenvalue weighted by molar-refractivity contribution is 6.30. The van der Waals surface area contributed by atoms with Crippen LogP contribution in [0.2, 0.25) is 5.02 Å². The third kappa shape index (κ3) is 5.01. The van der Waals surface area contributed by atoms with E-state index in [-0.39, 0.29) is 6.10 Å². The fourth-order valence-electron chi connectivity index (χ4n) is 2.57. The summed E-state index contributed by atoms with van der Waals surface area (Å²) in [5.41, 5.74) is -1.73. The lowest BCUT2D eigenvalue weighted by Crippen LogP contribution is -2.40. The Labute approximate surface area is 164 Å². The number of carbonyl (C=O) groups is 1. The van der Waals surface area contributed by atoms with E-state index >= 15 is 0 Å². The number of rotatable bonds is 7. The van der Waals surface area contributed by atoms with Crippen molar-refractivity contribution in [3.63, 3.8) is 0 Å². The molecule has 2 rings (SSSR count). The van der Waals surface area contributed by atoms with Crippen LogP contribution in [0, 0.1) is 0 Å². The van der Waals surface area contributed by atoms with Gasteiger partial charge in [0.05, 0.1) is 12.7 Å². The second-order valence-corrected chi connectivity index (χ2v) is 7.55. The van der Waals surface area contributed by atoms with Gasteiger partial charge < -0.3 is 19.7 Å². The van der Waals surface area contributed by atoms with Crippen molar-refractivity contribution in [3.8, 4) is 5.75 Å². The van der Waals surface area contributed by atoms with Gasteiger partial charge in [-0.3, -0.25) is 0 Å². The third-order valence-electron chi connectivity index (χ3n) is 4.09. The number of halogens is 1. The monoisotopic (exact) mass is 392 g/mol. The minimum Gasteiger partial charge on any atom is -0.476 e. The molecular weight excluding hydrogens is 368 g/mol. The molecule has 27 heavy (non-hydrogen) atoms. The van der Waals surface area contributed by atoms with Crippen molar-refractivity contribution in [1.82, 2.24) is 0 Å². The number of hydrogen-bond acceptors (Lipinski definition) is 5. The molecule has 0 spiro atoms. The summed E-state index contributed by atoms with van der Waals surface area (Å²) in [5, 5.41) is 21.3. The molecule has 1 unspecified atom stereocenters. The minimum absolute atomic E-state index is 0.235. The van der Waals surface area contributed by atoms with Crippen LogP contribution in [0.25, 0.3) is 0 Å². The first-order valence-electron chi connectivity index (χ1n) is 8.68. The fraction of sp³-hybridized carbons (Fsp3) is 0.381. The number of ether oxygens (including phenoxy) is 2. The average Bonchev–Trinajstić information content (AvgIpc) is 2.61. The van der Waals surface area contributed by atoms with Gasteiger partial charge in [0, 0.05) is 5.02 Å². The van der Waals surface area contributed by atoms with Gasteiger partial charge >= 0.3 is 5.97 Å². The highest BCUT2D eigenvalue weighted by Gasteiger charge is 2.34. The van der Waals surface area contributed by atoms with Crippen LogP contribution in [0.4, 0.5) is 0 Å². The summed E-state index contributed by atoms with van der Waals surface area (Å²) < 4.78 is 11.0. The minimum atomic E-state index is -1.57. The molecule has 2 aromatic carbocycles. The Bertz CT molecular complexity index is 768. The SMILES string of the molecule is CC(C)OC(=O)C(C)(C)Oc1ccc(C(O)(CO)c2ccc(Cl)cc2)cc1. The van der Waals surface area contributed by atoms with Crippen LogP contribution in [-0.4, -0.2) is 34.5 Å². The van der Waals surface area contributed by atoms with Crippen LogP contribution in [0.1, 0.15) is 38.8 Å². The summed E-state index contributed by atoms with van der Waals surface area (Å²) in [5.74, 6) is -0.0181. The Kier molecular flexibility index (Phi) is 6.52. The Morgan fingerprint density at radius 1 is 1.04 bits per heavy atom. The number of esters is 1. The zero-order valence-electron chi connectivity index (χ0n) is 15.9. The smallest absolute Gasteiger partial charge is 0.350 e. The normalized spacial score (nSPS) is 13.9. The van der Waals surface area contributed by atoms with Crippen LogP contribution < -0.4 is 4.74 Å². The number of hydrogen-bond donors (Lipinski definition) is 2. The van der Waals surface area contributed by atoms with Crippen molar-refractivity contribution in [2.24, 2.45) is 0 Å². The lowest BCUT2D eigenvalue weighted by molar-refractivity contribution is -0.163. The molecule has 5 nitrogen and oxygen atoms in total. The van der Waals surface area contributed by atoms with E-state index in [2.05, 4.69) is 0 Å². The number of carbonyl (C=O) groups excluding carboxylic acids is 1. The highest BCUT2D eigenvalue weighted by atomic mass is 35.5. The molecule has 0 saturated heterocycles. The van der Waals surface area contributed by atoms with Crippen molar-refractivity contribution in [3.05, 3.63) is 64.7 Å². The van der Waals surface area contributed by atoms with Crippen LogP contribution in [0.15, 0.2) is 48.5 Å². The van der Waals surface area contributed by atoms with Gasteiger partial charge in [-0.1, -0.05) is 35.9 Å². The summed E-state index contributed by atoms with van der Waals surface area (Å²) >= 11 is 5.89. The van der Waals surface area contributed by atoms with Gasteiger partial charge in [-0.05, 0) is 63.1 Å². The zero-order valence-corrected chi connectivity index (χ0v) is 16.7. The van der Waals surface area contributed by atoms with E-state index in [0.717, 1.165) is 0 Å². The average molecular weight is 393 g/mol. The van der Waals surface area contributed by atoms with E-state index in [1.54, 1.807) is 76.2 Å². The maximum Gasteiger partial charge on any atom is 0.350 e. The maximum absolute atomic E-state index is 12.1. The first-order chi connectivity index (χ1) is 12.6. The summed E-state index contributed by atoms with van der Waals surface area (Å²) in [6.07, 6.45) is -0.235. The molecule has 0 heterocycles. The van der Waals surface area contributed by atoms with Crippen LogP contribution in [0.3, 0.4) is 0 Å². The first-order valence-corrected chi connectivity index (χ1v) is 9.06. The number of aliphatic hydroxyl groups excluding tert-OH is 1. The molecule has 0 aliphatic heterocycles. The zero-order chi connectivity index (χ0) is 20.2. The Hall–Kier alpha value is -2.08. The lowest BCUT2D eigenvalue weighted by Gasteiger charge is -2.28. The van der Waals surface area contributed by atoms with E-state index in [1.165, 1.54) is 0 Å². The van der Waals surface area contributed by atoms with Crippen molar-refractivity contribution < 1.29 is 24.5 Å². The quantitative estimate of drug-likeness (QED) is 0.703. The summed E-state index contributed by atoms with van der Waals surface area (Å²) in [6.45, 7) is 6.30. The molecular formula is C21H25ClO5. The lowest BCUT2D eigenvalue weighted by atomic mass is 9.87. The maximum atomic E-state index is 12.1. The van der Waals surface area contributed by atoms with Crippen molar-refractivity contribution in [1.29, 1.82) is 0 Å². The Balaban J connectivity index is 2.22. The molecule has 6 heteroatoms. The topological polar surface area (TPSA) is 76.0 Å². The molecule has 0 aromatic heterocycles. The predicted molar refractivity (Wildman–Crippen MR) is 104 cm³/mol. The van der Waals surface area contributed by atoms with Crippen LogP contribution >= 0.6 is 11.6 Å². The van der Waals surface area contributed by atoms with Gasteiger partial charge in [0.1, 0.15) is 11.4 Å². The molecule has 2 aromatic rings. The van der Waals surface area contributed by atoms with E-state index in [9.17, 15) is 15.0 Å². The molecule has 1 atom stereocenters. The van der Waals surface area contributed by atoms with Gasteiger partial charge in [-0.25, -0.2) is 4.79 Å². The summed E-state index contributed by atoms with van der Waals surface area (Å²) in [4.78, 5) is 12.1. The van der Waals surface area contributed by atoms with Gasteiger partial charge in [0.25, 0.3) is 0 Å². The molecule has 0 amide bonds. The first kappa shape index (κ1) is 21.2. The Morgan fingerprint density at radius 2 is 1.52 bits per heavy atom. The predicted octanol–water partition coefficient (Wildman–Crippen LogP) is 3.68. The molecule has 0 fully saturated rings. The van der Waals surface area contributed by atoms with Gasteiger partial charge in [0.2, 0.25) is 0 Å². The van der Waals surface area contributed by atoms with Gasteiger partial charge in [0.15, 0.2) is 5.60 Å². The number of aliphatic hydroxyl groups is 2. The third-order valence-corrected chi connectivity index (χ3v) is 4.34. The molecule has 0 aliphatic carbocycles. The van der Waals surface area contributed by atoms with Crippen molar-refractivity contribution in [2.75, 3.05) is 6.61 Å². The molecule has 0 saturated carbocycles. The van der Waals surface area contributed by atoms with Gasteiger partial charge in [-0.2, -0.15) is 0 Å². The van der Waals surface area contributed by atoms with E-state index in [4.69, 9.17) is 21.1 Å². The fourth-order valence-corrected chi connectivity index (χ4v) is 2.69. The van der Waals surface area contributed by atoms with E-state index in [0.29, 0.717) is 21.9 Å². The molecule has 0 aliphatic rings.